The van der Waals surface area contributed by atoms with E-state index in [0.29, 0.717) is 12.3 Å². The number of methoxy groups -OCH3 is 1. The molecule has 0 aliphatic heterocycles. The van der Waals surface area contributed by atoms with E-state index < -0.39 is 0 Å². The summed E-state index contributed by atoms with van der Waals surface area (Å²) in [5, 5.41) is 0. The maximum atomic E-state index is 11.6. The van der Waals surface area contributed by atoms with Gasteiger partial charge in [-0.25, -0.2) is 0 Å². The van der Waals surface area contributed by atoms with Gasteiger partial charge in [0.05, 0.1) is 13.0 Å². The largest absolute Gasteiger partial charge is 0.469 e. The Morgan fingerprint density at radius 2 is 2.00 bits per heavy atom. The van der Waals surface area contributed by atoms with Gasteiger partial charge in [-0.2, -0.15) is 0 Å². The van der Waals surface area contributed by atoms with Crippen LogP contribution in [0.2, 0.25) is 0 Å². The smallest absolute Gasteiger partial charge is 0.309 e. The second-order valence-electron chi connectivity index (χ2n) is 4.03. The molecular weight excluding hydrogens is 180 g/mol. The van der Waals surface area contributed by atoms with Gasteiger partial charge in [0.25, 0.3) is 0 Å². The highest BCUT2D eigenvalue weighted by molar-refractivity contribution is 5.87. The average Bonchev–Trinajstić information content (AvgIpc) is 2.58. The Hall–Kier alpha value is -0.860. The highest BCUT2D eigenvalue weighted by Crippen LogP contribution is 2.38. The van der Waals surface area contributed by atoms with Crippen LogP contribution in [0.3, 0.4) is 0 Å². The van der Waals surface area contributed by atoms with E-state index in [1.165, 1.54) is 7.11 Å². The Morgan fingerprint density at radius 3 is 2.50 bits per heavy atom. The van der Waals surface area contributed by atoms with Crippen molar-refractivity contribution in [3.05, 3.63) is 0 Å². The van der Waals surface area contributed by atoms with Gasteiger partial charge in [-0.05, 0) is 18.8 Å². The molecule has 1 aliphatic rings. The minimum atomic E-state index is -0.221. The van der Waals surface area contributed by atoms with Crippen LogP contribution >= 0.6 is 0 Å². The first-order valence-electron chi connectivity index (χ1n) is 5.22. The molecule has 1 unspecified atom stereocenters. The summed E-state index contributed by atoms with van der Waals surface area (Å²) in [4.78, 5) is 23.1. The average molecular weight is 198 g/mol. The van der Waals surface area contributed by atoms with Crippen molar-refractivity contribution >= 4 is 11.8 Å². The van der Waals surface area contributed by atoms with Gasteiger partial charge in [0.2, 0.25) is 0 Å². The summed E-state index contributed by atoms with van der Waals surface area (Å²) >= 11 is 0. The molecule has 1 aliphatic carbocycles. The zero-order valence-electron chi connectivity index (χ0n) is 9.08. The molecule has 0 bridgehead atoms. The predicted octanol–water partition coefficient (Wildman–Crippen LogP) is 1.80. The molecule has 1 fully saturated rings. The Balaban J connectivity index is 2.76. The molecule has 0 aromatic rings. The molecule has 0 spiro atoms. The van der Waals surface area contributed by atoms with E-state index in [1.807, 2.05) is 13.8 Å². The third kappa shape index (κ3) is 1.97. The predicted molar refractivity (Wildman–Crippen MR) is 52.7 cm³/mol. The van der Waals surface area contributed by atoms with Crippen LogP contribution in [0.1, 0.15) is 33.1 Å². The summed E-state index contributed by atoms with van der Waals surface area (Å²) < 4.78 is 4.72. The summed E-state index contributed by atoms with van der Waals surface area (Å²) in [6.45, 7) is 3.89. The van der Waals surface area contributed by atoms with Crippen molar-refractivity contribution in [2.24, 2.45) is 17.8 Å². The van der Waals surface area contributed by atoms with E-state index in [9.17, 15) is 9.59 Å². The van der Waals surface area contributed by atoms with Gasteiger partial charge >= 0.3 is 5.97 Å². The number of ether oxygens (including phenoxy) is 1. The van der Waals surface area contributed by atoms with Gasteiger partial charge in [0, 0.05) is 12.3 Å². The van der Waals surface area contributed by atoms with Gasteiger partial charge in [-0.3, -0.25) is 9.59 Å². The molecule has 1 saturated carbocycles. The standard InChI is InChI=1S/C11H18O3/c1-4-9(12)10-7(2)5-6-8(10)11(13)14-3/h7-8,10H,4-6H2,1-3H3/t7-,8+,10?/m0/s1. The molecule has 1 rings (SSSR count). The van der Waals surface area contributed by atoms with Crippen LogP contribution in [0.5, 0.6) is 0 Å². The first-order chi connectivity index (χ1) is 6.61. The van der Waals surface area contributed by atoms with Gasteiger partial charge < -0.3 is 4.74 Å². The van der Waals surface area contributed by atoms with Crippen molar-refractivity contribution in [1.82, 2.24) is 0 Å². The Bertz CT molecular complexity index is 235. The number of hydrogen-bond acceptors (Lipinski definition) is 3. The fourth-order valence-corrected chi connectivity index (χ4v) is 2.39. The summed E-state index contributed by atoms with van der Waals surface area (Å²) in [6.07, 6.45) is 2.27. The number of Topliss-reactive ketones (excluding diaryl/α,β-unsaturated/α-hetero) is 1. The first kappa shape index (κ1) is 11.2. The van der Waals surface area contributed by atoms with Crippen molar-refractivity contribution in [2.75, 3.05) is 7.11 Å². The van der Waals surface area contributed by atoms with Crippen molar-refractivity contribution in [3.63, 3.8) is 0 Å². The number of esters is 1. The minimum Gasteiger partial charge on any atom is -0.469 e. The Morgan fingerprint density at radius 1 is 1.36 bits per heavy atom. The number of rotatable bonds is 3. The van der Waals surface area contributed by atoms with Crippen LogP contribution in [0, 0.1) is 17.8 Å². The van der Waals surface area contributed by atoms with Gasteiger partial charge in [-0.15, -0.1) is 0 Å². The molecule has 0 amide bonds. The Kier molecular flexibility index (Phi) is 3.67. The van der Waals surface area contributed by atoms with Crippen LogP contribution in [0.4, 0.5) is 0 Å². The lowest BCUT2D eigenvalue weighted by Gasteiger charge is -2.18. The van der Waals surface area contributed by atoms with Crippen LogP contribution in [-0.2, 0) is 14.3 Å². The molecule has 0 saturated heterocycles. The summed E-state index contributed by atoms with van der Waals surface area (Å²) in [6, 6.07) is 0. The molecule has 3 nitrogen and oxygen atoms in total. The fourth-order valence-electron chi connectivity index (χ4n) is 2.39. The lowest BCUT2D eigenvalue weighted by molar-refractivity contribution is -0.149. The normalized spacial score (nSPS) is 31.5. The highest BCUT2D eigenvalue weighted by Gasteiger charge is 2.41. The zero-order valence-corrected chi connectivity index (χ0v) is 9.08. The van der Waals surface area contributed by atoms with E-state index in [0.717, 1.165) is 12.8 Å². The molecule has 0 aromatic heterocycles. The molecule has 0 N–H and O–H groups in total. The van der Waals surface area contributed by atoms with Crippen molar-refractivity contribution in [3.8, 4) is 0 Å². The lowest BCUT2D eigenvalue weighted by atomic mass is 9.85. The number of carbonyl (C=O) groups is 2. The highest BCUT2D eigenvalue weighted by atomic mass is 16.5. The second-order valence-corrected chi connectivity index (χ2v) is 4.03. The fraction of sp³-hybridized carbons (Fsp3) is 0.818. The molecular formula is C11H18O3. The second kappa shape index (κ2) is 4.58. The van der Waals surface area contributed by atoms with E-state index in [2.05, 4.69) is 0 Å². The molecule has 0 radical (unpaired) electrons. The number of hydrogen-bond donors (Lipinski definition) is 0. The molecule has 80 valence electrons. The SMILES string of the molecule is CCC(=O)C1[C@@H](C)CC[C@H]1C(=O)OC. The zero-order chi connectivity index (χ0) is 10.7. The molecule has 0 aromatic carbocycles. The van der Waals surface area contributed by atoms with Crippen LogP contribution < -0.4 is 0 Å². The third-order valence-corrected chi connectivity index (χ3v) is 3.20. The van der Waals surface area contributed by atoms with Gasteiger partial charge in [0.1, 0.15) is 5.78 Å². The van der Waals surface area contributed by atoms with Crippen molar-refractivity contribution in [1.29, 1.82) is 0 Å². The van der Waals surface area contributed by atoms with Crippen molar-refractivity contribution < 1.29 is 14.3 Å². The third-order valence-electron chi connectivity index (χ3n) is 3.20. The molecule has 3 atom stereocenters. The number of carbonyl (C=O) groups excluding carboxylic acids is 2. The van der Waals surface area contributed by atoms with Gasteiger partial charge in [-0.1, -0.05) is 13.8 Å². The van der Waals surface area contributed by atoms with Crippen molar-refractivity contribution in [2.45, 2.75) is 33.1 Å². The van der Waals surface area contributed by atoms with Crippen LogP contribution in [-0.4, -0.2) is 18.9 Å². The van der Waals surface area contributed by atoms with E-state index in [4.69, 9.17) is 4.74 Å². The number of ketones is 1. The maximum Gasteiger partial charge on any atom is 0.309 e. The van der Waals surface area contributed by atoms with Crippen LogP contribution in [0.25, 0.3) is 0 Å². The van der Waals surface area contributed by atoms with Crippen LogP contribution in [0.15, 0.2) is 0 Å². The maximum absolute atomic E-state index is 11.6. The molecule has 0 heterocycles. The van der Waals surface area contributed by atoms with E-state index >= 15 is 0 Å². The summed E-state index contributed by atoms with van der Waals surface area (Å²) in [5.74, 6) is 0.00741. The van der Waals surface area contributed by atoms with E-state index in [-0.39, 0.29) is 23.6 Å². The minimum absolute atomic E-state index is 0.104. The molecule has 14 heavy (non-hydrogen) atoms. The summed E-state index contributed by atoms with van der Waals surface area (Å²) in [7, 11) is 1.39. The van der Waals surface area contributed by atoms with E-state index in [1.54, 1.807) is 0 Å². The van der Waals surface area contributed by atoms with Gasteiger partial charge in [0.15, 0.2) is 0 Å². The lowest BCUT2D eigenvalue weighted by Crippen LogP contribution is -2.29. The quantitative estimate of drug-likeness (QED) is 0.649. The Labute approximate surface area is 84.8 Å². The molecule has 3 heteroatoms. The summed E-state index contributed by atoms with van der Waals surface area (Å²) in [5.41, 5.74) is 0. The first-order valence-corrected chi connectivity index (χ1v) is 5.22. The monoisotopic (exact) mass is 198 g/mol. The topological polar surface area (TPSA) is 43.4 Å².